The molecule has 0 aliphatic carbocycles. The molecule has 2 aromatic heterocycles. The van der Waals surface area contributed by atoms with Crippen molar-refractivity contribution in [2.75, 3.05) is 11.9 Å². The Morgan fingerprint density at radius 2 is 2.11 bits per heavy atom. The molecule has 2 heterocycles. The summed E-state index contributed by atoms with van der Waals surface area (Å²) in [5.41, 5.74) is 0.801. The Hall–Kier alpha value is -1.89. The smallest absolute Gasteiger partial charge is 0.315 e. The first-order valence-corrected chi connectivity index (χ1v) is 6.32. The maximum absolute atomic E-state index is 5.44. The van der Waals surface area contributed by atoms with E-state index in [2.05, 4.69) is 39.8 Å². The third-order valence-corrected chi connectivity index (χ3v) is 2.39. The number of anilines is 1. The largest absolute Gasteiger partial charge is 0.407 e. The van der Waals surface area contributed by atoms with Crippen molar-refractivity contribution in [2.45, 2.75) is 33.9 Å². The SMILES string of the molecule is Cc1cc(CNc2nnc(CNCC(C)C)o2)no1. The van der Waals surface area contributed by atoms with E-state index in [4.69, 9.17) is 8.94 Å². The fourth-order valence-electron chi connectivity index (χ4n) is 1.53. The molecule has 0 amide bonds. The van der Waals surface area contributed by atoms with Gasteiger partial charge in [0.2, 0.25) is 5.89 Å². The summed E-state index contributed by atoms with van der Waals surface area (Å²) < 4.78 is 10.4. The van der Waals surface area contributed by atoms with Crippen LogP contribution in [0.1, 0.15) is 31.2 Å². The molecule has 0 radical (unpaired) electrons. The van der Waals surface area contributed by atoms with Gasteiger partial charge in [-0.3, -0.25) is 0 Å². The maximum atomic E-state index is 5.44. The summed E-state index contributed by atoms with van der Waals surface area (Å²) in [7, 11) is 0. The van der Waals surface area contributed by atoms with Gasteiger partial charge in [-0.05, 0) is 19.4 Å². The zero-order chi connectivity index (χ0) is 13.7. The molecule has 19 heavy (non-hydrogen) atoms. The third kappa shape index (κ3) is 4.36. The minimum absolute atomic E-state index is 0.391. The van der Waals surface area contributed by atoms with Crippen LogP contribution in [0.4, 0.5) is 6.01 Å². The Kier molecular flexibility index (Phi) is 4.51. The van der Waals surface area contributed by atoms with Crippen LogP contribution < -0.4 is 10.6 Å². The first-order valence-electron chi connectivity index (χ1n) is 6.32. The second-order valence-electron chi connectivity index (χ2n) is 4.81. The average Bonchev–Trinajstić information content (AvgIpc) is 2.95. The van der Waals surface area contributed by atoms with Crippen molar-refractivity contribution in [3.05, 3.63) is 23.4 Å². The molecule has 2 rings (SSSR count). The van der Waals surface area contributed by atoms with Crippen molar-refractivity contribution in [2.24, 2.45) is 5.92 Å². The van der Waals surface area contributed by atoms with Gasteiger partial charge in [0.1, 0.15) is 11.5 Å². The standard InChI is InChI=1S/C12H19N5O2/c1-8(2)5-13-7-11-15-16-12(18-11)14-6-10-4-9(3)19-17-10/h4,8,13H,5-7H2,1-3H3,(H,14,16). The Morgan fingerprint density at radius 1 is 1.26 bits per heavy atom. The Labute approximate surface area is 111 Å². The first-order chi connectivity index (χ1) is 9.13. The molecule has 0 aromatic carbocycles. The lowest BCUT2D eigenvalue weighted by Gasteiger charge is -2.03. The number of hydrogen-bond donors (Lipinski definition) is 2. The van der Waals surface area contributed by atoms with Crippen LogP contribution in [0.2, 0.25) is 0 Å². The van der Waals surface area contributed by atoms with Crippen LogP contribution in [-0.4, -0.2) is 21.9 Å². The minimum atomic E-state index is 0.391. The van der Waals surface area contributed by atoms with Gasteiger partial charge in [-0.1, -0.05) is 24.1 Å². The van der Waals surface area contributed by atoms with Crippen molar-refractivity contribution in [1.29, 1.82) is 0 Å². The molecule has 0 spiro atoms. The van der Waals surface area contributed by atoms with Gasteiger partial charge in [0, 0.05) is 6.07 Å². The topological polar surface area (TPSA) is 89.0 Å². The maximum Gasteiger partial charge on any atom is 0.315 e. The lowest BCUT2D eigenvalue weighted by Crippen LogP contribution is -2.19. The zero-order valence-electron chi connectivity index (χ0n) is 11.4. The molecule has 0 saturated heterocycles. The molecule has 0 bridgehead atoms. The molecule has 0 fully saturated rings. The minimum Gasteiger partial charge on any atom is -0.407 e. The predicted molar refractivity (Wildman–Crippen MR) is 69.4 cm³/mol. The fraction of sp³-hybridized carbons (Fsp3) is 0.583. The monoisotopic (exact) mass is 265 g/mol. The van der Waals surface area contributed by atoms with E-state index in [1.54, 1.807) is 0 Å². The van der Waals surface area contributed by atoms with E-state index < -0.39 is 0 Å². The second-order valence-corrected chi connectivity index (χ2v) is 4.81. The van der Waals surface area contributed by atoms with Crippen LogP contribution in [0.5, 0.6) is 0 Å². The highest BCUT2D eigenvalue weighted by molar-refractivity contribution is 5.19. The van der Waals surface area contributed by atoms with Crippen LogP contribution in [0.3, 0.4) is 0 Å². The molecular weight excluding hydrogens is 246 g/mol. The molecule has 2 aromatic rings. The van der Waals surface area contributed by atoms with Gasteiger partial charge in [-0.25, -0.2) is 0 Å². The summed E-state index contributed by atoms with van der Waals surface area (Å²) in [5, 5.41) is 18.0. The van der Waals surface area contributed by atoms with E-state index >= 15 is 0 Å². The number of hydrogen-bond acceptors (Lipinski definition) is 7. The average molecular weight is 265 g/mol. The number of aryl methyl sites for hydroxylation is 1. The second kappa shape index (κ2) is 6.33. The van der Waals surface area contributed by atoms with Crippen LogP contribution in [0.25, 0.3) is 0 Å². The first kappa shape index (κ1) is 13.5. The van der Waals surface area contributed by atoms with Crippen molar-refractivity contribution in [3.63, 3.8) is 0 Å². The Bertz CT molecular complexity index is 506. The number of aromatic nitrogens is 3. The highest BCUT2D eigenvalue weighted by atomic mass is 16.5. The fourth-order valence-corrected chi connectivity index (χ4v) is 1.53. The molecule has 0 unspecified atom stereocenters. The number of nitrogens with zero attached hydrogens (tertiary/aromatic N) is 3. The van der Waals surface area contributed by atoms with E-state index in [-0.39, 0.29) is 0 Å². The molecule has 0 aliphatic heterocycles. The van der Waals surface area contributed by atoms with Crippen molar-refractivity contribution in [3.8, 4) is 0 Å². The van der Waals surface area contributed by atoms with Crippen LogP contribution in [0.15, 0.2) is 15.0 Å². The molecule has 0 aliphatic rings. The summed E-state index contributed by atoms with van der Waals surface area (Å²) in [6.45, 7) is 8.14. The lowest BCUT2D eigenvalue weighted by molar-refractivity contribution is 0.391. The summed E-state index contributed by atoms with van der Waals surface area (Å²) in [5.74, 6) is 1.94. The number of rotatable bonds is 7. The normalized spacial score (nSPS) is 11.2. The van der Waals surface area contributed by atoms with Gasteiger partial charge in [-0.15, -0.1) is 5.10 Å². The van der Waals surface area contributed by atoms with E-state index in [9.17, 15) is 0 Å². The van der Waals surface area contributed by atoms with Crippen molar-refractivity contribution >= 4 is 6.01 Å². The van der Waals surface area contributed by atoms with Crippen molar-refractivity contribution < 1.29 is 8.94 Å². The highest BCUT2D eigenvalue weighted by Crippen LogP contribution is 2.08. The lowest BCUT2D eigenvalue weighted by atomic mass is 10.2. The summed E-state index contributed by atoms with van der Waals surface area (Å²) >= 11 is 0. The highest BCUT2D eigenvalue weighted by Gasteiger charge is 2.07. The van der Waals surface area contributed by atoms with Gasteiger partial charge < -0.3 is 19.6 Å². The van der Waals surface area contributed by atoms with Gasteiger partial charge in [-0.2, -0.15) is 0 Å². The van der Waals surface area contributed by atoms with E-state index in [0.29, 0.717) is 30.9 Å². The molecular formula is C12H19N5O2. The van der Waals surface area contributed by atoms with E-state index in [1.165, 1.54) is 0 Å². The van der Waals surface area contributed by atoms with Crippen molar-refractivity contribution in [1.82, 2.24) is 20.7 Å². The Morgan fingerprint density at radius 3 is 2.79 bits per heavy atom. The van der Waals surface area contributed by atoms with E-state index in [0.717, 1.165) is 18.0 Å². The third-order valence-electron chi connectivity index (χ3n) is 2.39. The van der Waals surface area contributed by atoms with Crippen LogP contribution >= 0.6 is 0 Å². The van der Waals surface area contributed by atoms with Gasteiger partial charge in [0.05, 0.1) is 13.1 Å². The summed E-state index contributed by atoms with van der Waals surface area (Å²) in [6.07, 6.45) is 0. The van der Waals surface area contributed by atoms with Crippen LogP contribution in [-0.2, 0) is 13.1 Å². The predicted octanol–water partition coefficient (Wildman–Crippen LogP) is 1.72. The summed E-state index contributed by atoms with van der Waals surface area (Å²) in [4.78, 5) is 0. The van der Waals surface area contributed by atoms with Crippen LogP contribution in [0, 0.1) is 12.8 Å². The molecule has 7 nitrogen and oxygen atoms in total. The quantitative estimate of drug-likeness (QED) is 0.787. The number of nitrogens with one attached hydrogen (secondary N) is 2. The molecule has 2 N–H and O–H groups in total. The van der Waals surface area contributed by atoms with E-state index in [1.807, 2.05) is 13.0 Å². The summed E-state index contributed by atoms with van der Waals surface area (Å²) in [6, 6.07) is 2.25. The van der Waals surface area contributed by atoms with Gasteiger partial charge in [0.25, 0.3) is 0 Å². The molecule has 0 saturated carbocycles. The van der Waals surface area contributed by atoms with Gasteiger partial charge >= 0.3 is 6.01 Å². The Balaban J connectivity index is 1.77. The zero-order valence-corrected chi connectivity index (χ0v) is 11.4. The molecule has 104 valence electrons. The van der Waals surface area contributed by atoms with Gasteiger partial charge in [0.15, 0.2) is 0 Å². The molecule has 0 atom stereocenters. The molecule has 7 heteroatoms.